The van der Waals surface area contributed by atoms with Crippen molar-refractivity contribution in [1.82, 2.24) is 5.32 Å². The smallest absolute Gasteiger partial charge is 0.128 e. The maximum absolute atomic E-state index is 10.5. The minimum atomic E-state index is -0.00879. The Morgan fingerprint density at radius 3 is 2.43 bits per heavy atom. The molecule has 0 aliphatic rings. The molecule has 0 aromatic heterocycles. The Morgan fingerprint density at radius 2 is 1.76 bits per heavy atom. The number of benzene rings is 2. The summed E-state index contributed by atoms with van der Waals surface area (Å²) in [5.74, 6) is 0.849. The van der Waals surface area contributed by atoms with E-state index in [0.29, 0.717) is 11.7 Å². The van der Waals surface area contributed by atoms with E-state index < -0.39 is 0 Å². The first-order valence-electron chi connectivity index (χ1n) is 7.60. The standard InChI is InChI=1S/C18H25NO2/c1-12(2)10-15(11-20)19-13(3)16-9-8-14-6-4-5-7-17(14)18(16)21/h4-9,12-13,15,19-21H,10-11H2,1-3H3. The van der Waals surface area contributed by atoms with Gasteiger partial charge in [0.1, 0.15) is 5.75 Å². The van der Waals surface area contributed by atoms with E-state index in [9.17, 15) is 10.2 Å². The van der Waals surface area contributed by atoms with Crippen LogP contribution in [0.4, 0.5) is 0 Å². The summed E-state index contributed by atoms with van der Waals surface area (Å²) in [5.41, 5.74) is 0.871. The van der Waals surface area contributed by atoms with Crippen molar-refractivity contribution in [2.45, 2.75) is 39.3 Å². The Balaban J connectivity index is 2.22. The number of phenols is 1. The van der Waals surface area contributed by atoms with Crippen LogP contribution in [0.15, 0.2) is 36.4 Å². The van der Waals surface area contributed by atoms with Crippen LogP contribution in [0.3, 0.4) is 0 Å². The lowest BCUT2D eigenvalue weighted by atomic mass is 9.98. The first-order valence-corrected chi connectivity index (χ1v) is 7.60. The molecule has 0 heterocycles. The molecule has 114 valence electrons. The monoisotopic (exact) mass is 287 g/mol. The first-order chi connectivity index (χ1) is 10.0. The maximum Gasteiger partial charge on any atom is 0.128 e. The first kappa shape index (κ1) is 15.8. The summed E-state index contributed by atoms with van der Waals surface area (Å²) in [6.45, 7) is 6.41. The molecule has 0 aliphatic carbocycles. The minimum absolute atomic E-state index is 0.00879. The SMILES string of the molecule is CC(C)CC(CO)NC(C)c1ccc2ccccc2c1O. The second-order valence-corrected chi connectivity index (χ2v) is 6.12. The van der Waals surface area contributed by atoms with Crippen molar-refractivity contribution in [3.05, 3.63) is 42.0 Å². The molecule has 3 nitrogen and oxygen atoms in total. The van der Waals surface area contributed by atoms with Gasteiger partial charge in [-0.15, -0.1) is 0 Å². The van der Waals surface area contributed by atoms with Crippen molar-refractivity contribution in [2.75, 3.05) is 6.61 Å². The number of hydrogen-bond donors (Lipinski definition) is 3. The van der Waals surface area contributed by atoms with E-state index >= 15 is 0 Å². The molecule has 2 rings (SSSR count). The van der Waals surface area contributed by atoms with Crippen LogP contribution in [0.2, 0.25) is 0 Å². The second kappa shape index (κ2) is 6.92. The van der Waals surface area contributed by atoms with Gasteiger partial charge in [0.25, 0.3) is 0 Å². The molecule has 0 spiro atoms. The molecule has 0 radical (unpaired) electrons. The van der Waals surface area contributed by atoms with E-state index in [-0.39, 0.29) is 18.7 Å². The largest absolute Gasteiger partial charge is 0.507 e. The Labute approximate surface area is 126 Å². The van der Waals surface area contributed by atoms with Gasteiger partial charge in [-0.05, 0) is 24.6 Å². The second-order valence-electron chi connectivity index (χ2n) is 6.12. The normalized spacial score (nSPS) is 14.5. The lowest BCUT2D eigenvalue weighted by Gasteiger charge is -2.24. The molecule has 2 aromatic rings. The van der Waals surface area contributed by atoms with Crippen molar-refractivity contribution in [2.24, 2.45) is 5.92 Å². The third-order valence-corrected chi connectivity index (χ3v) is 3.86. The molecule has 0 aliphatic heterocycles. The fraction of sp³-hybridized carbons (Fsp3) is 0.444. The molecule has 0 bridgehead atoms. The minimum Gasteiger partial charge on any atom is -0.507 e. The van der Waals surface area contributed by atoms with E-state index in [1.54, 1.807) is 0 Å². The molecule has 2 unspecified atom stereocenters. The lowest BCUT2D eigenvalue weighted by molar-refractivity contribution is 0.214. The summed E-state index contributed by atoms with van der Waals surface area (Å²) in [7, 11) is 0. The number of aliphatic hydroxyl groups is 1. The van der Waals surface area contributed by atoms with Gasteiger partial charge >= 0.3 is 0 Å². The van der Waals surface area contributed by atoms with E-state index in [0.717, 1.165) is 22.8 Å². The van der Waals surface area contributed by atoms with Gasteiger partial charge in [-0.25, -0.2) is 0 Å². The number of hydrogen-bond acceptors (Lipinski definition) is 3. The van der Waals surface area contributed by atoms with Crippen LogP contribution < -0.4 is 5.32 Å². The van der Waals surface area contributed by atoms with E-state index in [1.165, 1.54) is 0 Å². The van der Waals surface area contributed by atoms with Crippen molar-refractivity contribution >= 4 is 10.8 Å². The third kappa shape index (κ3) is 3.74. The molecular weight excluding hydrogens is 262 g/mol. The molecular formula is C18H25NO2. The molecule has 3 N–H and O–H groups in total. The summed E-state index contributed by atoms with van der Waals surface area (Å²) in [4.78, 5) is 0. The highest BCUT2D eigenvalue weighted by Gasteiger charge is 2.17. The Kier molecular flexibility index (Phi) is 5.21. The lowest BCUT2D eigenvalue weighted by Crippen LogP contribution is -2.35. The zero-order valence-corrected chi connectivity index (χ0v) is 13.0. The highest BCUT2D eigenvalue weighted by atomic mass is 16.3. The molecule has 3 heteroatoms. The number of fused-ring (bicyclic) bond motifs is 1. The Hall–Kier alpha value is -1.58. The van der Waals surface area contributed by atoms with Crippen LogP contribution in [0.5, 0.6) is 5.75 Å². The molecule has 0 fully saturated rings. The third-order valence-electron chi connectivity index (χ3n) is 3.86. The number of rotatable bonds is 6. The highest BCUT2D eigenvalue weighted by molar-refractivity contribution is 5.89. The van der Waals surface area contributed by atoms with Crippen molar-refractivity contribution in [1.29, 1.82) is 0 Å². The van der Waals surface area contributed by atoms with Gasteiger partial charge in [-0.3, -0.25) is 0 Å². The highest BCUT2D eigenvalue weighted by Crippen LogP contribution is 2.32. The number of nitrogens with one attached hydrogen (secondary N) is 1. The van der Waals surface area contributed by atoms with Gasteiger partial charge in [0, 0.05) is 23.0 Å². The van der Waals surface area contributed by atoms with Crippen LogP contribution >= 0.6 is 0 Å². The van der Waals surface area contributed by atoms with Gasteiger partial charge in [0.15, 0.2) is 0 Å². The average molecular weight is 287 g/mol. The van der Waals surface area contributed by atoms with Crippen molar-refractivity contribution < 1.29 is 10.2 Å². The molecule has 2 atom stereocenters. The number of aromatic hydroxyl groups is 1. The number of aliphatic hydroxyl groups excluding tert-OH is 1. The fourth-order valence-electron chi connectivity index (χ4n) is 2.83. The fourth-order valence-corrected chi connectivity index (χ4v) is 2.83. The summed E-state index contributed by atoms with van der Waals surface area (Å²) >= 11 is 0. The average Bonchev–Trinajstić information content (AvgIpc) is 2.46. The number of phenolic OH excluding ortho intramolecular Hbond substituents is 1. The van der Waals surface area contributed by atoms with Crippen LogP contribution in [0, 0.1) is 5.92 Å². The van der Waals surface area contributed by atoms with Gasteiger partial charge in [0.05, 0.1) is 6.61 Å². The zero-order chi connectivity index (χ0) is 15.4. The van der Waals surface area contributed by atoms with E-state index in [2.05, 4.69) is 19.2 Å². The van der Waals surface area contributed by atoms with Gasteiger partial charge in [-0.1, -0.05) is 50.2 Å². The molecule has 0 saturated carbocycles. The van der Waals surface area contributed by atoms with E-state index in [4.69, 9.17) is 0 Å². The topological polar surface area (TPSA) is 52.5 Å². The summed E-state index contributed by atoms with van der Waals surface area (Å²) in [6, 6.07) is 11.8. The van der Waals surface area contributed by atoms with Crippen LogP contribution in [0.25, 0.3) is 10.8 Å². The molecule has 0 amide bonds. The Bertz CT molecular complexity index is 595. The van der Waals surface area contributed by atoms with Gasteiger partial charge in [-0.2, -0.15) is 0 Å². The molecule has 2 aromatic carbocycles. The van der Waals surface area contributed by atoms with Crippen LogP contribution in [-0.2, 0) is 0 Å². The van der Waals surface area contributed by atoms with Crippen LogP contribution in [-0.4, -0.2) is 22.9 Å². The quantitative estimate of drug-likeness (QED) is 0.761. The van der Waals surface area contributed by atoms with Gasteiger partial charge in [0.2, 0.25) is 0 Å². The van der Waals surface area contributed by atoms with Crippen molar-refractivity contribution in [3.8, 4) is 5.75 Å². The summed E-state index contributed by atoms with van der Waals surface area (Å²) in [6.07, 6.45) is 0.912. The van der Waals surface area contributed by atoms with E-state index in [1.807, 2.05) is 43.3 Å². The predicted molar refractivity (Wildman–Crippen MR) is 87.5 cm³/mol. The maximum atomic E-state index is 10.5. The summed E-state index contributed by atoms with van der Waals surface area (Å²) < 4.78 is 0. The zero-order valence-electron chi connectivity index (χ0n) is 13.0. The molecule has 0 saturated heterocycles. The Morgan fingerprint density at radius 1 is 1.05 bits per heavy atom. The van der Waals surface area contributed by atoms with Gasteiger partial charge < -0.3 is 15.5 Å². The van der Waals surface area contributed by atoms with Crippen molar-refractivity contribution in [3.63, 3.8) is 0 Å². The molecule has 21 heavy (non-hydrogen) atoms. The van der Waals surface area contributed by atoms with Crippen LogP contribution in [0.1, 0.15) is 38.8 Å². The predicted octanol–water partition coefficient (Wildman–Crippen LogP) is 3.60. The summed E-state index contributed by atoms with van der Waals surface area (Å²) in [5, 5.41) is 25.3.